The van der Waals surface area contributed by atoms with Gasteiger partial charge in [-0.05, 0) is 51.3 Å². The van der Waals surface area contributed by atoms with Gasteiger partial charge in [0.15, 0.2) is 0 Å². The molecular formula is C19H28Cl2N2O2. The summed E-state index contributed by atoms with van der Waals surface area (Å²) in [5.41, 5.74) is 0.494. The third kappa shape index (κ3) is 6.87. The average Bonchev–Trinajstić information content (AvgIpc) is 2.49. The predicted molar refractivity (Wildman–Crippen MR) is 104 cm³/mol. The van der Waals surface area contributed by atoms with Crippen LogP contribution in [0.2, 0.25) is 10.0 Å². The molecule has 0 saturated carbocycles. The third-order valence-corrected chi connectivity index (χ3v) is 4.42. The van der Waals surface area contributed by atoms with Gasteiger partial charge < -0.3 is 10.2 Å². The molecule has 0 spiro atoms. The molecule has 0 bridgehead atoms. The normalized spacial score (nSPS) is 12.6. The van der Waals surface area contributed by atoms with Gasteiger partial charge in [-0.15, -0.1) is 0 Å². The van der Waals surface area contributed by atoms with Gasteiger partial charge in [0, 0.05) is 18.5 Å². The van der Waals surface area contributed by atoms with E-state index >= 15 is 0 Å². The van der Waals surface area contributed by atoms with Gasteiger partial charge in [0.2, 0.25) is 11.8 Å². The summed E-state index contributed by atoms with van der Waals surface area (Å²) in [5, 5.41) is 3.88. The van der Waals surface area contributed by atoms with Crippen molar-refractivity contribution in [2.45, 2.75) is 72.0 Å². The number of carbonyl (C=O) groups is 2. The molecule has 0 heterocycles. The molecule has 0 aliphatic rings. The lowest BCUT2D eigenvalue weighted by Crippen LogP contribution is -2.53. The number of halogens is 2. The number of benzene rings is 1. The zero-order valence-corrected chi connectivity index (χ0v) is 17.2. The summed E-state index contributed by atoms with van der Waals surface area (Å²) < 4.78 is 0. The largest absolute Gasteiger partial charge is 0.350 e. The molecule has 1 N–H and O–H groups in total. The summed E-state index contributed by atoms with van der Waals surface area (Å²) in [4.78, 5) is 27.0. The van der Waals surface area contributed by atoms with Crippen LogP contribution in [0.3, 0.4) is 0 Å². The fraction of sp³-hybridized carbons (Fsp3) is 0.579. The summed E-state index contributed by atoms with van der Waals surface area (Å²) in [6, 6.07) is 4.75. The first-order valence-corrected chi connectivity index (χ1v) is 9.40. The molecule has 1 rings (SSSR count). The number of nitrogens with one attached hydrogen (secondary N) is 1. The van der Waals surface area contributed by atoms with Crippen molar-refractivity contribution < 1.29 is 9.59 Å². The molecule has 6 heteroatoms. The Hall–Kier alpha value is -1.26. The van der Waals surface area contributed by atoms with Crippen molar-refractivity contribution in [3.63, 3.8) is 0 Å². The molecule has 0 radical (unpaired) electrons. The van der Waals surface area contributed by atoms with Gasteiger partial charge in [0.1, 0.15) is 6.04 Å². The lowest BCUT2D eigenvalue weighted by Gasteiger charge is -2.33. The van der Waals surface area contributed by atoms with E-state index in [4.69, 9.17) is 23.2 Å². The van der Waals surface area contributed by atoms with Gasteiger partial charge >= 0.3 is 0 Å². The Morgan fingerprint density at radius 2 is 1.80 bits per heavy atom. The standard InChI is InChI=1S/C19H28Cl2N2O2/c1-6-8-17(24)23(12-13-9-10-14(20)15(21)11-13)16(7-2)18(25)22-19(3,4)5/h9-11,16H,6-8,12H2,1-5H3,(H,22,25)/t16-/m1/s1. The van der Waals surface area contributed by atoms with E-state index in [1.165, 1.54) is 0 Å². The summed E-state index contributed by atoms with van der Waals surface area (Å²) in [6.45, 7) is 9.96. The maximum atomic E-state index is 12.7. The van der Waals surface area contributed by atoms with Gasteiger partial charge in [-0.1, -0.05) is 43.1 Å². The van der Waals surface area contributed by atoms with Crippen LogP contribution in [-0.4, -0.2) is 28.3 Å². The van der Waals surface area contributed by atoms with E-state index in [0.717, 1.165) is 12.0 Å². The van der Waals surface area contributed by atoms with E-state index in [0.29, 0.717) is 29.4 Å². The number of carbonyl (C=O) groups excluding carboxylic acids is 2. The number of hydrogen-bond acceptors (Lipinski definition) is 2. The van der Waals surface area contributed by atoms with Gasteiger partial charge in [0.25, 0.3) is 0 Å². The third-order valence-electron chi connectivity index (χ3n) is 3.68. The quantitative estimate of drug-likeness (QED) is 0.730. The zero-order valence-electron chi connectivity index (χ0n) is 15.7. The van der Waals surface area contributed by atoms with Crippen molar-refractivity contribution in [3.05, 3.63) is 33.8 Å². The zero-order chi connectivity index (χ0) is 19.2. The van der Waals surface area contributed by atoms with Crippen LogP contribution in [0.15, 0.2) is 18.2 Å². The Morgan fingerprint density at radius 3 is 2.28 bits per heavy atom. The molecule has 25 heavy (non-hydrogen) atoms. The highest BCUT2D eigenvalue weighted by Gasteiger charge is 2.30. The molecule has 0 aromatic heterocycles. The summed E-state index contributed by atoms with van der Waals surface area (Å²) in [5.74, 6) is -0.177. The van der Waals surface area contributed by atoms with Crippen LogP contribution in [0, 0.1) is 0 Å². The summed E-state index contributed by atoms with van der Waals surface area (Å²) in [7, 11) is 0. The Morgan fingerprint density at radius 1 is 1.16 bits per heavy atom. The van der Waals surface area contributed by atoms with E-state index in [-0.39, 0.29) is 17.4 Å². The number of amides is 2. The van der Waals surface area contributed by atoms with Crippen LogP contribution in [0.25, 0.3) is 0 Å². The van der Waals surface area contributed by atoms with Crippen molar-refractivity contribution in [3.8, 4) is 0 Å². The van der Waals surface area contributed by atoms with Crippen LogP contribution >= 0.6 is 23.2 Å². The fourth-order valence-corrected chi connectivity index (χ4v) is 2.89. The lowest BCUT2D eigenvalue weighted by molar-refractivity contribution is -0.142. The second kappa shape index (κ2) is 9.44. The highest BCUT2D eigenvalue weighted by molar-refractivity contribution is 6.42. The molecule has 1 aromatic rings. The van der Waals surface area contributed by atoms with Crippen molar-refractivity contribution >= 4 is 35.0 Å². The minimum absolute atomic E-state index is 0.0375. The van der Waals surface area contributed by atoms with Crippen molar-refractivity contribution in [2.24, 2.45) is 0 Å². The first kappa shape index (κ1) is 21.8. The minimum Gasteiger partial charge on any atom is -0.350 e. The van der Waals surface area contributed by atoms with Crippen LogP contribution in [0.1, 0.15) is 59.4 Å². The first-order chi connectivity index (χ1) is 11.6. The Labute approximate surface area is 160 Å². The van der Waals surface area contributed by atoms with E-state index in [9.17, 15) is 9.59 Å². The summed E-state index contributed by atoms with van der Waals surface area (Å²) in [6.07, 6.45) is 1.67. The van der Waals surface area contributed by atoms with Crippen molar-refractivity contribution in [2.75, 3.05) is 0 Å². The molecular weight excluding hydrogens is 359 g/mol. The van der Waals surface area contributed by atoms with Gasteiger partial charge in [-0.3, -0.25) is 9.59 Å². The smallest absolute Gasteiger partial charge is 0.243 e. The van der Waals surface area contributed by atoms with Crippen molar-refractivity contribution in [1.29, 1.82) is 0 Å². The minimum atomic E-state index is -0.521. The van der Waals surface area contributed by atoms with Crippen LogP contribution < -0.4 is 5.32 Å². The second-order valence-corrected chi connectivity index (χ2v) is 8.00. The monoisotopic (exact) mass is 386 g/mol. The molecule has 0 fully saturated rings. The molecule has 4 nitrogen and oxygen atoms in total. The Bertz CT molecular complexity index is 612. The SMILES string of the molecule is CCCC(=O)N(Cc1ccc(Cl)c(Cl)c1)[C@H](CC)C(=O)NC(C)(C)C. The van der Waals surface area contributed by atoms with Crippen LogP contribution in [-0.2, 0) is 16.1 Å². The van der Waals surface area contributed by atoms with E-state index in [1.807, 2.05) is 40.7 Å². The number of hydrogen-bond donors (Lipinski definition) is 1. The highest BCUT2D eigenvalue weighted by Crippen LogP contribution is 2.24. The van der Waals surface area contributed by atoms with E-state index in [2.05, 4.69) is 5.32 Å². The lowest BCUT2D eigenvalue weighted by atomic mass is 10.0. The van der Waals surface area contributed by atoms with Crippen LogP contribution in [0.4, 0.5) is 0 Å². The Balaban J connectivity index is 3.10. The average molecular weight is 387 g/mol. The predicted octanol–water partition coefficient (Wildman–Crippen LogP) is 4.82. The van der Waals surface area contributed by atoms with Crippen molar-refractivity contribution in [1.82, 2.24) is 10.2 Å². The maximum absolute atomic E-state index is 12.7. The molecule has 0 saturated heterocycles. The van der Waals surface area contributed by atoms with E-state index < -0.39 is 6.04 Å². The number of nitrogens with zero attached hydrogens (tertiary/aromatic N) is 1. The molecule has 0 aliphatic carbocycles. The first-order valence-electron chi connectivity index (χ1n) is 8.64. The van der Waals surface area contributed by atoms with Gasteiger partial charge in [-0.2, -0.15) is 0 Å². The fourth-order valence-electron chi connectivity index (χ4n) is 2.56. The molecule has 0 unspecified atom stereocenters. The highest BCUT2D eigenvalue weighted by atomic mass is 35.5. The molecule has 140 valence electrons. The van der Waals surface area contributed by atoms with Gasteiger partial charge in [-0.25, -0.2) is 0 Å². The summed E-state index contributed by atoms with van der Waals surface area (Å²) >= 11 is 12.1. The topological polar surface area (TPSA) is 49.4 Å². The molecule has 1 atom stereocenters. The van der Waals surface area contributed by atoms with Gasteiger partial charge in [0.05, 0.1) is 10.0 Å². The second-order valence-electron chi connectivity index (χ2n) is 7.18. The van der Waals surface area contributed by atoms with Crippen LogP contribution in [0.5, 0.6) is 0 Å². The maximum Gasteiger partial charge on any atom is 0.243 e. The Kier molecular flexibility index (Phi) is 8.23. The molecule has 1 aromatic carbocycles. The number of rotatable bonds is 7. The molecule has 0 aliphatic heterocycles. The molecule has 2 amide bonds. The van der Waals surface area contributed by atoms with E-state index in [1.54, 1.807) is 17.0 Å².